The van der Waals surface area contributed by atoms with Crippen LogP contribution < -0.4 is 15.5 Å². The van der Waals surface area contributed by atoms with Crippen LogP contribution in [0.3, 0.4) is 0 Å². The maximum absolute atomic E-state index is 10.6. The molecule has 0 spiro atoms. The van der Waals surface area contributed by atoms with Crippen LogP contribution in [0.15, 0.2) is 18.5 Å². The first-order valence-corrected chi connectivity index (χ1v) is 6.00. The fraction of sp³-hybridized carbons (Fsp3) is 0.500. The molecule has 2 heterocycles. The maximum Gasteiger partial charge on any atom is 0.409 e. The van der Waals surface area contributed by atoms with Gasteiger partial charge in [-0.15, -0.1) is 0 Å². The van der Waals surface area contributed by atoms with E-state index in [2.05, 4.69) is 34.4 Å². The number of nitrogens with one attached hydrogen (secondary N) is 2. The average Bonchev–Trinajstić information content (AvgIpc) is 2.27. The number of aromatic nitrogens is 1. The summed E-state index contributed by atoms with van der Waals surface area (Å²) >= 11 is 0. The maximum atomic E-state index is 10.6. The highest BCUT2D eigenvalue weighted by molar-refractivity contribution is 5.83. The third kappa shape index (κ3) is 3.10. The van der Waals surface area contributed by atoms with Gasteiger partial charge in [-0.3, -0.25) is 10.3 Å². The Kier molecular flexibility index (Phi) is 3.66. The van der Waals surface area contributed by atoms with Crippen LogP contribution in [0.25, 0.3) is 0 Å². The Labute approximate surface area is 106 Å². The Morgan fingerprint density at radius 1 is 1.44 bits per heavy atom. The van der Waals surface area contributed by atoms with E-state index in [1.54, 1.807) is 6.20 Å². The van der Waals surface area contributed by atoms with E-state index in [-0.39, 0.29) is 0 Å². The summed E-state index contributed by atoms with van der Waals surface area (Å²) in [5, 5.41) is 14.5. The fourth-order valence-electron chi connectivity index (χ4n) is 2.33. The molecule has 0 aromatic carbocycles. The second kappa shape index (κ2) is 5.22. The van der Waals surface area contributed by atoms with Crippen molar-refractivity contribution in [3.8, 4) is 0 Å². The van der Waals surface area contributed by atoms with Crippen LogP contribution in [0.2, 0.25) is 0 Å². The molecule has 0 unspecified atom stereocenters. The van der Waals surface area contributed by atoms with Gasteiger partial charge in [0.1, 0.15) is 0 Å². The van der Waals surface area contributed by atoms with E-state index >= 15 is 0 Å². The van der Waals surface area contributed by atoms with Crippen LogP contribution in [0.5, 0.6) is 0 Å². The van der Waals surface area contributed by atoms with Gasteiger partial charge in [0.25, 0.3) is 0 Å². The van der Waals surface area contributed by atoms with Gasteiger partial charge in [-0.25, -0.2) is 4.79 Å². The molecule has 0 aliphatic carbocycles. The number of hydrogen-bond donors (Lipinski definition) is 3. The van der Waals surface area contributed by atoms with Gasteiger partial charge in [-0.05, 0) is 19.9 Å². The number of pyridine rings is 1. The molecule has 6 nitrogen and oxygen atoms in total. The summed E-state index contributed by atoms with van der Waals surface area (Å²) < 4.78 is 0. The lowest BCUT2D eigenvalue weighted by Gasteiger charge is -2.37. The van der Waals surface area contributed by atoms with Crippen molar-refractivity contribution < 1.29 is 9.90 Å². The molecular weight excluding hydrogens is 232 g/mol. The molecule has 1 saturated heterocycles. The van der Waals surface area contributed by atoms with Crippen LogP contribution in [0.4, 0.5) is 16.2 Å². The van der Waals surface area contributed by atoms with E-state index in [9.17, 15) is 4.79 Å². The topological polar surface area (TPSA) is 77.5 Å². The lowest BCUT2D eigenvalue weighted by molar-refractivity contribution is 0.209. The van der Waals surface area contributed by atoms with Gasteiger partial charge < -0.3 is 15.3 Å². The second-order valence-electron chi connectivity index (χ2n) is 4.74. The van der Waals surface area contributed by atoms with Crippen LogP contribution in [-0.4, -0.2) is 41.4 Å². The second-order valence-corrected chi connectivity index (χ2v) is 4.74. The predicted octanol–water partition coefficient (Wildman–Crippen LogP) is 1.36. The van der Waals surface area contributed by atoms with E-state index < -0.39 is 6.09 Å². The highest BCUT2D eigenvalue weighted by atomic mass is 16.4. The van der Waals surface area contributed by atoms with Crippen molar-refractivity contribution in [2.24, 2.45) is 0 Å². The van der Waals surface area contributed by atoms with Gasteiger partial charge in [0.05, 0.1) is 23.8 Å². The molecule has 1 fully saturated rings. The molecule has 6 heteroatoms. The van der Waals surface area contributed by atoms with Crippen molar-refractivity contribution in [3.63, 3.8) is 0 Å². The summed E-state index contributed by atoms with van der Waals surface area (Å²) in [4.78, 5) is 16.9. The predicted molar refractivity (Wildman–Crippen MR) is 70.2 cm³/mol. The van der Waals surface area contributed by atoms with Crippen molar-refractivity contribution in [3.05, 3.63) is 18.5 Å². The van der Waals surface area contributed by atoms with Gasteiger partial charge in [0, 0.05) is 25.2 Å². The van der Waals surface area contributed by atoms with Crippen molar-refractivity contribution in [1.29, 1.82) is 0 Å². The smallest absolute Gasteiger partial charge is 0.409 e. The summed E-state index contributed by atoms with van der Waals surface area (Å²) in [5.41, 5.74) is 1.44. The molecule has 1 aliphatic rings. The first kappa shape index (κ1) is 12.6. The first-order valence-electron chi connectivity index (χ1n) is 6.00. The SMILES string of the molecule is C[C@@H]1CN(c2cncc(NC(=O)O)c2)C[C@H](C)N1. The van der Waals surface area contributed by atoms with Crippen LogP contribution in [-0.2, 0) is 0 Å². The van der Waals surface area contributed by atoms with Crippen molar-refractivity contribution in [1.82, 2.24) is 10.3 Å². The number of amides is 1. The Morgan fingerprint density at radius 2 is 2.11 bits per heavy atom. The largest absolute Gasteiger partial charge is 0.465 e. The van der Waals surface area contributed by atoms with E-state index in [0.29, 0.717) is 17.8 Å². The van der Waals surface area contributed by atoms with Crippen LogP contribution in [0, 0.1) is 0 Å². The lowest BCUT2D eigenvalue weighted by Crippen LogP contribution is -2.54. The average molecular weight is 250 g/mol. The van der Waals surface area contributed by atoms with Gasteiger partial charge in [0.15, 0.2) is 0 Å². The van der Waals surface area contributed by atoms with Crippen LogP contribution in [0.1, 0.15) is 13.8 Å². The van der Waals surface area contributed by atoms with Crippen LogP contribution >= 0.6 is 0 Å². The van der Waals surface area contributed by atoms with Gasteiger partial charge in [-0.1, -0.05) is 0 Å². The normalized spacial score (nSPS) is 23.8. The third-order valence-corrected chi connectivity index (χ3v) is 2.90. The van der Waals surface area contributed by atoms with E-state index in [0.717, 1.165) is 18.8 Å². The summed E-state index contributed by atoms with van der Waals surface area (Å²) in [6, 6.07) is 2.63. The number of nitrogens with zero attached hydrogens (tertiary/aromatic N) is 2. The minimum atomic E-state index is -1.07. The van der Waals surface area contributed by atoms with Gasteiger partial charge >= 0.3 is 6.09 Å². The number of anilines is 2. The summed E-state index contributed by atoms with van der Waals surface area (Å²) in [7, 11) is 0. The zero-order chi connectivity index (χ0) is 13.1. The quantitative estimate of drug-likeness (QED) is 0.738. The Balaban J connectivity index is 2.14. The fourth-order valence-corrected chi connectivity index (χ4v) is 2.33. The highest BCUT2D eigenvalue weighted by Crippen LogP contribution is 2.20. The Hall–Kier alpha value is -1.82. The highest BCUT2D eigenvalue weighted by Gasteiger charge is 2.21. The first-order chi connectivity index (χ1) is 8.54. The molecule has 1 aromatic heterocycles. The standard InChI is InChI=1S/C12H18N4O2/c1-8-6-16(7-9(2)14-8)11-3-10(4-13-5-11)15-12(17)18/h3-5,8-9,14-15H,6-7H2,1-2H3,(H,17,18)/t8-,9+. The number of rotatable bonds is 2. The summed E-state index contributed by atoms with van der Waals surface area (Å²) in [5.74, 6) is 0. The molecule has 1 amide bonds. The summed E-state index contributed by atoms with van der Waals surface area (Å²) in [6.45, 7) is 6.05. The molecule has 2 atom stereocenters. The van der Waals surface area contributed by atoms with E-state index in [1.807, 2.05) is 6.07 Å². The zero-order valence-electron chi connectivity index (χ0n) is 10.6. The molecule has 1 aliphatic heterocycles. The monoisotopic (exact) mass is 250 g/mol. The van der Waals surface area contributed by atoms with E-state index in [1.165, 1.54) is 6.20 Å². The van der Waals surface area contributed by atoms with Crippen molar-refractivity contribution in [2.75, 3.05) is 23.3 Å². The minimum Gasteiger partial charge on any atom is -0.465 e. The molecule has 18 heavy (non-hydrogen) atoms. The molecule has 98 valence electrons. The van der Waals surface area contributed by atoms with Gasteiger partial charge in [-0.2, -0.15) is 0 Å². The Bertz CT molecular complexity index is 428. The number of hydrogen-bond acceptors (Lipinski definition) is 4. The van der Waals surface area contributed by atoms with E-state index in [4.69, 9.17) is 5.11 Å². The lowest BCUT2D eigenvalue weighted by atomic mass is 10.1. The molecule has 2 rings (SSSR count). The van der Waals surface area contributed by atoms with Crippen molar-refractivity contribution in [2.45, 2.75) is 25.9 Å². The number of piperazine rings is 1. The molecular formula is C12H18N4O2. The van der Waals surface area contributed by atoms with Gasteiger partial charge in [0.2, 0.25) is 0 Å². The molecule has 0 saturated carbocycles. The summed E-state index contributed by atoms with van der Waals surface area (Å²) in [6.07, 6.45) is 2.20. The number of carbonyl (C=O) groups is 1. The molecule has 0 radical (unpaired) electrons. The molecule has 3 N–H and O–H groups in total. The molecule has 1 aromatic rings. The zero-order valence-corrected chi connectivity index (χ0v) is 10.6. The number of carboxylic acid groups (broad SMARTS) is 1. The minimum absolute atomic E-state index is 0.407. The third-order valence-electron chi connectivity index (χ3n) is 2.90. The van der Waals surface area contributed by atoms with Crippen molar-refractivity contribution >= 4 is 17.5 Å². The Morgan fingerprint density at radius 3 is 2.72 bits per heavy atom. The molecule has 0 bridgehead atoms.